The first kappa shape index (κ1) is 16.4. The number of fused-ring (bicyclic) bond motifs is 1. The molecular weight excluding hydrogens is 310 g/mol. The van der Waals surface area contributed by atoms with Gasteiger partial charge >= 0.3 is 0 Å². The van der Waals surface area contributed by atoms with Crippen LogP contribution in [-0.4, -0.2) is 64.5 Å². The molecule has 124 valence electrons. The summed E-state index contributed by atoms with van der Waals surface area (Å²) in [6.45, 7) is 5.26. The Bertz CT molecular complexity index is 768. The zero-order chi connectivity index (χ0) is 16.3. The van der Waals surface area contributed by atoms with Crippen LogP contribution in [-0.2, 0) is 10.0 Å². The summed E-state index contributed by atoms with van der Waals surface area (Å²) in [4.78, 5) is 4.91. The SMILES string of the molecule is CN1CCN(CCNS(=O)(=O)c2ccc3ccccc3c2)CC1. The van der Waals surface area contributed by atoms with Gasteiger partial charge in [-0.25, -0.2) is 13.1 Å². The third-order valence-corrected chi connectivity index (χ3v) is 5.81. The highest BCUT2D eigenvalue weighted by molar-refractivity contribution is 7.89. The van der Waals surface area contributed by atoms with Gasteiger partial charge in [-0.1, -0.05) is 30.3 Å². The summed E-state index contributed by atoms with van der Waals surface area (Å²) < 4.78 is 27.6. The van der Waals surface area contributed by atoms with Crippen molar-refractivity contribution in [3.8, 4) is 0 Å². The van der Waals surface area contributed by atoms with Crippen molar-refractivity contribution in [2.24, 2.45) is 0 Å². The second kappa shape index (κ2) is 6.97. The van der Waals surface area contributed by atoms with Gasteiger partial charge in [-0.05, 0) is 30.0 Å². The van der Waals surface area contributed by atoms with Crippen molar-refractivity contribution in [1.82, 2.24) is 14.5 Å². The van der Waals surface area contributed by atoms with Crippen LogP contribution in [0.4, 0.5) is 0 Å². The normalized spacial score (nSPS) is 17.6. The number of rotatable bonds is 5. The summed E-state index contributed by atoms with van der Waals surface area (Å²) in [6, 6.07) is 13.0. The summed E-state index contributed by atoms with van der Waals surface area (Å²) in [5, 5.41) is 1.98. The zero-order valence-electron chi connectivity index (χ0n) is 13.4. The maximum atomic E-state index is 12.4. The highest BCUT2D eigenvalue weighted by Gasteiger charge is 2.16. The van der Waals surface area contributed by atoms with E-state index in [0.717, 1.165) is 43.5 Å². The molecule has 0 saturated carbocycles. The van der Waals surface area contributed by atoms with E-state index in [1.54, 1.807) is 12.1 Å². The van der Waals surface area contributed by atoms with Gasteiger partial charge in [-0.2, -0.15) is 0 Å². The van der Waals surface area contributed by atoms with Crippen molar-refractivity contribution in [2.75, 3.05) is 46.3 Å². The van der Waals surface area contributed by atoms with Crippen LogP contribution >= 0.6 is 0 Å². The lowest BCUT2D eigenvalue weighted by Crippen LogP contribution is -2.46. The van der Waals surface area contributed by atoms with Crippen molar-refractivity contribution < 1.29 is 8.42 Å². The third-order valence-electron chi connectivity index (χ3n) is 4.35. The van der Waals surface area contributed by atoms with E-state index in [4.69, 9.17) is 0 Å². The lowest BCUT2D eigenvalue weighted by molar-refractivity contribution is 0.156. The average molecular weight is 333 g/mol. The molecule has 1 aliphatic heterocycles. The van der Waals surface area contributed by atoms with Gasteiger partial charge in [0.1, 0.15) is 0 Å². The lowest BCUT2D eigenvalue weighted by atomic mass is 10.1. The molecular formula is C17H23N3O2S. The Morgan fingerprint density at radius 3 is 2.43 bits per heavy atom. The molecule has 1 N–H and O–H groups in total. The third kappa shape index (κ3) is 4.09. The molecule has 2 aromatic rings. The number of sulfonamides is 1. The maximum absolute atomic E-state index is 12.4. The van der Waals surface area contributed by atoms with Gasteiger partial charge in [0.2, 0.25) is 10.0 Å². The molecule has 0 unspecified atom stereocenters. The van der Waals surface area contributed by atoms with E-state index >= 15 is 0 Å². The van der Waals surface area contributed by atoms with Crippen LogP contribution in [0.5, 0.6) is 0 Å². The second-order valence-corrected chi connectivity index (χ2v) is 7.82. The van der Waals surface area contributed by atoms with Crippen molar-refractivity contribution in [1.29, 1.82) is 0 Å². The molecule has 0 spiro atoms. The summed E-state index contributed by atoms with van der Waals surface area (Å²) in [7, 11) is -1.34. The fraction of sp³-hybridized carbons (Fsp3) is 0.412. The second-order valence-electron chi connectivity index (χ2n) is 6.05. The fourth-order valence-electron chi connectivity index (χ4n) is 2.83. The molecule has 0 aliphatic carbocycles. The molecule has 0 amide bonds. The van der Waals surface area contributed by atoms with E-state index in [1.165, 1.54) is 0 Å². The molecule has 1 heterocycles. The summed E-state index contributed by atoms with van der Waals surface area (Å²) in [6.07, 6.45) is 0. The number of hydrogen-bond donors (Lipinski definition) is 1. The molecule has 0 atom stereocenters. The minimum Gasteiger partial charge on any atom is -0.304 e. The Hall–Kier alpha value is -1.47. The van der Waals surface area contributed by atoms with Crippen molar-refractivity contribution in [2.45, 2.75) is 4.90 Å². The van der Waals surface area contributed by atoms with Crippen LogP contribution in [0.15, 0.2) is 47.4 Å². The van der Waals surface area contributed by atoms with Crippen molar-refractivity contribution in [3.05, 3.63) is 42.5 Å². The number of hydrogen-bond acceptors (Lipinski definition) is 4. The Balaban J connectivity index is 1.61. The molecule has 0 bridgehead atoms. The van der Waals surface area contributed by atoms with Crippen LogP contribution < -0.4 is 4.72 Å². The monoisotopic (exact) mass is 333 g/mol. The molecule has 3 rings (SSSR count). The van der Waals surface area contributed by atoms with Gasteiger partial charge in [-0.15, -0.1) is 0 Å². The minimum atomic E-state index is -3.45. The summed E-state index contributed by atoms with van der Waals surface area (Å²) in [5.41, 5.74) is 0. The smallest absolute Gasteiger partial charge is 0.240 e. The number of likely N-dealkylation sites (N-methyl/N-ethyl adjacent to an activating group) is 1. The fourth-order valence-corrected chi connectivity index (χ4v) is 3.88. The number of piperazine rings is 1. The highest BCUT2D eigenvalue weighted by Crippen LogP contribution is 2.18. The van der Waals surface area contributed by atoms with Gasteiger partial charge in [0.05, 0.1) is 4.90 Å². The average Bonchev–Trinajstić information content (AvgIpc) is 2.56. The Kier molecular flexibility index (Phi) is 4.96. The molecule has 0 aromatic heterocycles. The molecule has 1 saturated heterocycles. The molecule has 1 fully saturated rings. The van der Waals surface area contributed by atoms with Gasteiger partial charge in [0.15, 0.2) is 0 Å². The molecule has 1 aliphatic rings. The lowest BCUT2D eigenvalue weighted by Gasteiger charge is -2.32. The van der Waals surface area contributed by atoms with E-state index in [1.807, 2.05) is 30.3 Å². The highest BCUT2D eigenvalue weighted by atomic mass is 32.2. The first-order valence-corrected chi connectivity index (χ1v) is 9.42. The Morgan fingerprint density at radius 1 is 1.00 bits per heavy atom. The van der Waals surface area contributed by atoms with Crippen LogP contribution in [0, 0.1) is 0 Å². The van der Waals surface area contributed by atoms with Crippen LogP contribution in [0.1, 0.15) is 0 Å². The minimum absolute atomic E-state index is 0.328. The molecule has 6 heteroatoms. The van der Waals surface area contributed by atoms with Crippen LogP contribution in [0.25, 0.3) is 10.8 Å². The number of benzene rings is 2. The summed E-state index contributed by atoms with van der Waals surface area (Å²) >= 11 is 0. The predicted octanol–water partition coefficient (Wildman–Crippen LogP) is 1.37. The molecule has 23 heavy (non-hydrogen) atoms. The van der Waals surface area contributed by atoms with Gasteiger partial charge < -0.3 is 4.90 Å². The number of nitrogens with one attached hydrogen (secondary N) is 1. The van der Waals surface area contributed by atoms with Crippen molar-refractivity contribution >= 4 is 20.8 Å². The van der Waals surface area contributed by atoms with Gasteiger partial charge in [0.25, 0.3) is 0 Å². The van der Waals surface area contributed by atoms with Crippen molar-refractivity contribution in [3.63, 3.8) is 0 Å². The zero-order valence-corrected chi connectivity index (χ0v) is 14.2. The Morgan fingerprint density at radius 2 is 1.70 bits per heavy atom. The van der Waals surface area contributed by atoms with Gasteiger partial charge in [0, 0.05) is 39.3 Å². The van der Waals surface area contributed by atoms with E-state index < -0.39 is 10.0 Å². The first-order valence-electron chi connectivity index (χ1n) is 7.94. The van der Waals surface area contributed by atoms with E-state index in [-0.39, 0.29) is 0 Å². The summed E-state index contributed by atoms with van der Waals surface area (Å²) in [5.74, 6) is 0. The van der Waals surface area contributed by atoms with Crippen LogP contribution in [0.2, 0.25) is 0 Å². The molecule has 0 radical (unpaired) electrons. The topological polar surface area (TPSA) is 52.6 Å². The van der Waals surface area contributed by atoms with E-state index in [0.29, 0.717) is 11.4 Å². The van der Waals surface area contributed by atoms with Crippen LogP contribution in [0.3, 0.4) is 0 Å². The van der Waals surface area contributed by atoms with E-state index in [2.05, 4.69) is 21.6 Å². The number of nitrogens with zero attached hydrogens (tertiary/aromatic N) is 2. The standard InChI is InChI=1S/C17H23N3O2S/c1-19-10-12-20(13-11-19)9-8-18-23(21,22)17-7-6-15-4-2-3-5-16(15)14-17/h2-7,14,18H,8-13H2,1H3. The Labute approximate surface area is 137 Å². The van der Waals surface area contributed by atoms with Gasteiger partial charge in [-0.3, -0.25) is 4.90 Å². The first-order chi connectivity index (χ1) is 11.0. The molecule has 5 nitrogen and oxygen atoms in total. The predicted molar refractivity (Wildman–Crippen MR) is 93.1 cm³/mol. The maximum Gasteiger partial charge on any atom is 0.240 e. The largest absolute Gasteiger partial charge is 0.304 e. The molecule has 2 aromatic carbocycles. The quantitative estimate of drug-likeness (QED) is 0.898. The van der Waals surface area contributed by atoms with E-state index in [9.17, 15) is 8.42 Å².